The highest BCUT2D eigenvalue weighted by molar-refractivity contribution is 5.94. The van der Waals surface area contributed by atoms with Crippen LogP contribution in [0.5, 0.6) is 0 Å². The van der Waals surface area contributed by atoms with E-state index in [1.54, 1.807) is 0 Å². The van der Waals surface area contributed by atoms with Gasteiger partial charge in [0, 0.05) is 44.6 Å². The molecule has 0 unspecified atom stereocenters. The van der Waals surface area contributed by atoms with E-state index < -0.39 is 0 Å². The lowest BCUT2D eigenvalue weighted by Crippen LogP contribution is -2.30. The molecule has 0 spiro atoms. The molecule has 1 aromatic heterocycles. The van der Waals surface area contributed by atoms with Crippen LogP contribution in [0.3, 0.4) is 0 Å². The molecule has 2 rings (SSSR count). The molecule has 2 aromatic rings. The number of aryl methyl sites for hydroxylation is 1. The molecule has 1 aromatic carbocycles. The molecular formula is C15H20N4O. The molecule has 0 atom stereocenters. The minimum Gasteiger partial charge on any atom is -0.388 e. The molecule has 0 bridgehead atoms. The summed E-state index contributed by atoms with van der Waals surface area (Å²) in [7, 11) is 3.75. The van der Waals surface area contributed by atoms with Crippen LogP contribution < -0.4 is 16.4 Å². The monoisotopic (exact) mass is 272 g/mol. The van der Waals surface area contributed by atoms with E-state index in [0.717, 1.165) is 16.8 Å². The van der Waals surface area contributed by atoms with Gasteiger partial charge in [-0.3, -0.25) is 4.79 Å². The van der Waals surface area contributed by atoms with Gasteiger partial charge in [0.15, 0.2) is 0 Å². The van der Waals surface area contributed by atoms with Gasteiger partial charge in [-0.05, 0) is 23.8 Å². The summed E-state index contributed by atoms with van der Waals surface area (Å²) in [4.78, 5) is 12.0. The van der Waals surface area contributed by atoms with Crippen LogP contribution in [0.2, 0.25) is 0 Å². The summed E-state index contributed by atoms with van der Waals surface area (Å²) in [5.41, 5.74) is 9.18. The zero-order chi connectivity index (χ0) is 14.5. The normalized spacial score (nSPS) is 10.3. The lowest BCUT2D eigenvalue weighted by atomic mass is 10.1. The Labute approximate surface area is 118 Å². The van der Waals surface area contributed by atoms with Gasteiger partial charge in [-0.25, -0.2) is 0 Å². The van der Waals surface area contributed by atoms with Gasteiger partial charge in [-0.2, -0.15) is 0 Å². The summed E-state index contributed by atoms with van der Waals surface area (Å²) < 4.78 is 1.83. The smallest absolute Gasteiger partial charge is 0.267 e. The Balaban J connectivity index is 2.23. The first-order valence-electron chi connectivity index (χ1n) is 6.58. The topological polar surface area (TPSA) is 72.1 Å². The molecule has 5 nitrogen and oxygen atoms in total. The van der Waals surface area contributed by atoms with Crippen molar-refractivity contribution < 1.29 is 4.79 Å². The number of anilines is 1. The zero-order valence-corrected chi connectivity index (χ0v) is 11.8. The Hall–Kier alpha value is -2.27. The molecule has 1 heterocycles. The predicted octanol–water partition coefficient (Wildman–Crippen LogP) is 1.42. The van der Waals surface area contributed by atoms with Crippen molar-refractivity contribution in [3.05, 3.63) is 42.2 Å². The second kappa shape index (κ2) is 6.25. The summed E-state index contributed by atoms with van der Waals surface area (Å²) in [5.74, 6) is -0.101. The summed E-state index contributed by atoms with van der Waals surface area (Å²) in [5, 5.41) is 5.86. The second-order valence-electron chi connectivity index (χ2n) is 4.60. The summed E-state index contributed by atoms with van der Waals surface area (Å²) in [6.45, 7) is 0.921. The molecular weight excluding hydrogens is 252 g/mol. The highest BCUT2D eigenvalue weighted by atomic mass is 16.1. The Morgan fingerprint density at radius 1 is 1.25 bits per heavy atom. The molecule has 0 saturated heterocycles. The maximum atomic E-state index is 12.0. The number of benzene rings is 1. The summed E-state index contributed by atoms with van der Waals surface area (Å²) in [6.07, 6.45) is 1.95. The van der Waals surface area contributed by atoms with Crippen LogP contribution >= 0.6 is 0 Å². The Kier molecular flexibility index (Phi) is 4.42. The Bertz CT molecular complexity index is 586. The molecule has 0 fully saturated rings. The largest absolute Gasteiger partial charge is 0.388 e. The minimum atomic E-state index is -0.101. The molecule has 20 heavy (non-hydrogen) atoms. The molecule has 0 saturated carbocycles. The fourth-order valence-electron chi connectivity index (χ4n) is 2.05. The van der Waals surface area contributed by atoms with E-state index in [0.29, 0.717) is 18.8 Å². The molecule has 0 aliphatic rings. The van der Waals surface area contributed by atoms with E-state index >= 15 is 0 Å². The fraction of sp³-hybridized carbons (Fsp3) is 0.267. The van der Waals surface area contributed by atoms with Crippen LogP contribution in [-0.2, 0) is 7.05 Å². The first-order chi connectivity index (χ1) is 9.65. The number of hydrogen-bond acceptors (Lipinski definition) is 3. The Morgan fingerprint density at radius 3 is 2.55 bits per heavy atom. The van der Waals surface area contributed by atoms with E-state index in [1.165, 1.54) is 0 Å². The summed E-state index contributed by atoms with van der Waals surface area (Å²) in [6, 6.07) is 9.97. The highest BCUT2D eigenvalue weighted by Crippen LogP contribution is 2.23. The van der Waals surface area contributed by atoms with Gasteiger partial charge in [0.2, 0.25) is 0 Å². The van der Waals surface area contributed by atoms with Crippen LogP contribution in [0.25, 0.3) is 11.1 Å². The average Bonchev–Trinajstić information content (AvgIpc) is 2.87. The van der Waals surface area contributed by atoms with Crippen molar-refractivity contribution in [1.29, 1.82) is 0 Å². The first kappa shape index (κ1) is 14.1. The van der Waals surface area contributed by atoms with Crippen LogP contribution in [0.15, 0.2) is 36.5 Å². The van der Waals surface area contributed by atoms with Crippen molar-refractivity contribution in [1.82, 2.24) is 9.88 Å². The number of nitrogens with two attached hydrogens (primary N) is 1. The van der Waals surface area contributed by atoms with Crippen molar-refractivity contribution >= 4 is 11.6 Å². The molecule has 5 heteroatoms. The molecule has 0 aliphatic carbocycles. The molecule has 106 valence electrons. The van der Waals surface area contributed by atoms with Gasteiger partial charge < -0.3 is 20.9 Å². The van der Waals surface area contributed by atoms with Crippen molar-refractivity contribution in [2.24, 2.45) is 12.8 Å². The number of rotatable bonds is 5. The van der Waals surface area contributed by atoms with Crippen molar-refractivity contribution in [3.8, 4) is 11.1 Å². The van der Waals surface area contributed by atoms with E-state index in [4.69, 9.17) is 5.73 Å². The minimum absolute atomic E-state index is 0.101. The quantitative estimate of drug-likeness (QED) is 0.771. The van der Waals surface area contributed by atoms with Gasteiger partial charge in [0.05, 0.1) is 0 Å². The third kappa shape index (κ3) is 3.00. The van der Waals surface area contributed by atoms with Crippen LogP contribution in [0.4, 0.5) is 5.69 Å². The lowest BCUT2D eigenvalue weighted by molar-refractivity contribution is 0.0946. The lowest BCUT2D eigenvalue weighted by Gasteiger charge is -2.03. The van der Waals surface area contributed by atoms with Crippen LogP contribution in [-0.4, -0.2) is 30.6 Å². The number of carbonyl (C=O) groups is 1. The van der Waals surface area contributed by atoms with Crippen molar-refractivity contribution in [2.45, 2.75) is 0 Å². The van der Waals surface area contributed by atoms with E-state index in [2.05, 4.69) is 10.6 Å². The SMILES string of the molecule is CNc1ccc(-c2cc(C(=O)NCCN)n(C)c2)cc1. The fourth-order valence-corrected chi connectivity index (χ4v) is 2.05. The van der Waals surface area contributed by atoms with Gasteiger partial charge in [-0.1, -0.05) is 12.1 Å². The number of hydrogen-bond donors (Lipinski definition) is 3. The maximum absolute atomic E-state index is 12.0. The third-order valence-corrected chi connectivity index (χ3v) is 3.17. The number of nitrogens with zero attached hydrogens (tertiary/aromatic N) is 1. The number of nitrogens with one attached hydrogen (secondary N) is 2. The van der Waals surface area contributed by atoms with Crippen LogP contribution in [0.1, 0.15) is 10.5 Å². The average molecular weight is 272 g/mol. The van der Waals surface area contributed by atoms with Gasteiger partial charge in [-0.15, -0.1) is 0 Å². The van der Waals surface area contributed by atoms with Gasteiger partial charge >= 0.3 is 0 Å². The molecule has 1 amide bonds. The van der Waals surface area contributed by atoms with E-state index in [9.17, 15) is 4.79 Å². The van der Waals surface area contributed by atoms with Gasteiger partial charge in [0.1, 0.15) is 5.69 Å². The predicted molar refractivity (Wildman–Crippen MR) is 81.8 cm³/mol. The second-order valence-corrected chi connectivity index (χ2v) is 4.60. The van der Waals surface area contributed by atoms with Crippen molar-refractivity contribution in [2.75, 3.05) is 25.5 Å². The molecule has 4 N–H and O–H groups in total. The van der Waals surface area contributed by atoms with Crippen molar-refractivity contribution in [3.63, 3.8) is 0 Å². The van der Waals surface area contributed by atoms with Gasteiger partial charge in [0.25, 0.3) is 5.91 Å². The molecule has 0 radical (unpaired) electrons. The molecule has 0 aliphatic heterocycles. The Morgan fingerprint density at radius 2 is 1.95 bits per heavy atom. The maximum Gasteiger partial charge on any atom is 0.267 e. The number of amides is 1. The highest BCUT2D eigenvalue weighted by Gasteiger charge is 2.12. The van der Waals surface area contributed by atoms with E-state index in [1.807, 2.05) is 55.2 Å². The number of aromatic nitrogens is 1. The first-order valence-corrected chi connectivity index (χ1v) is 6.58. The summed E-state index contributed by atoms with van der Waals surface area (Å²) >= 11 is 0. The zero-order valence-electron chi connectivity index (χ0n) is 11.8. The van der Waals surface area contributed by atoms with E-state index in [-0.39, 0.29) is 5.91 Å². The van der Waals surface area contributed by atoms with Crippen LogP contribution in [0, 0.1) is 0 Å². The third-order valence-electron chi connectivity index (χ3n) is 3.17. The number of carbonyl (C=O) groups excluding carboxylic acids is 1. The standard InChI is InChI=1S/C15H20N4O/c1-17-13-5-3-11(4-6-13)12-9-14(19(2)10-12)15(20)18-8-7-16/h3-6,9-10,17H,7-8,16H2,1-2H3,(H,18,20).